The molecular weight excluding hydrogens is 284 g/mol. The minimum atomic E-state index is 0.154. The first-order chi connectivity index (χ1) is 11.2. The lowest BCUT2D eigenvalue weighted by Crippen LogP contribution is -2.44. The summed E-state index contributed by atoms with van der Waals surface area (Å²) in [5.74, 6) is 0.595. The molecule has 1 saturated heterocycles. The molecule has 0 aromatic heterocycles. The summed E-state index contributed by atoms with van der Waals surface area (Å²) in [6, 6.07) is 21.2. The van der Waals surface area contributed by atoms with Crippen molar-refractivity contribution in [1.82, 2.24) is 5.32 Å². The summed E-state index contributed by atoms with van der Waals surface area (Å²) in [4.78, 5) is 0. The van der Waals surface area contributed by atoms with Crippen molar-refractivity contribution in [2.24, 2.45) is 17.0 Å². The van der Waals surface area contributed by atoms with Crippen molar-refractivity contribution in [3.63, 3.8) is 0 Å². The van der Waals surface area contributed by atoms with Crippen molar-refractivity contribution in [1.29, 1.82) is 0 Å². The normalized spacial score (nSPS) is 26.6. The Balaban J connectivity index is 1.98. The highest BCUT2D eigenvalue weighted by Crippen LogP contribution is 2.39. The Bertz CT molecular complexity index is 652. The van der Waals surface area contributed by atoms with Crippen LogP contribution in [0.5, 0.6) is 0 Å². The third-order valence-corrected chi connectivity index (χ3v) is 4.75. The lowest BCUT2D eigenvalue weighted by Gasteiger charge is -2.40. The molecule has 0 unspecified atom stereocenters. The maximum absolute atomic E-state index is 9.60. The third-order valence-electron chi connectivity index (χ3n) is 4.75. The first-order valence-corrected chi connectivity index (χ1v) is 8.27. The Hall–Kier alpha value is -2.13. The van der Waals surface area contributed by atoms with E-state index in [1.807, 2.05) is 12.1 Å². The van der Waals surface area contributed by atoms with Crippen molar-refractivity contribution in [2.75, 3.05) is 0 Å². The second-order valence-electron chi connectivity index (χ2n) is 6.58. The molecular formula is C20H24N2O. The van der Waals surface area contributed by atoms with E-state index in [-0.39, 0.29) is 18.0 Å². The van der Waals surface area contributed by atoms with Gasteiger partial charge in [-0.15, -0.1) is 0 Å². The number of oxime groups is 1. The maximum Gasteiger partial charge on any atom is 0.0642 e. The highest BCUT2D eigenvalue weighted by molar-refractivity contribution is 5.89. The van der Waals surface area contributed by atoms with Gasteiger partial charge in [-0.25, -0.2) is 0 Å². The average molecular weight is 308 g/mol. The summed E-state index contributed by atoms with van der Waals surface area (Å²) < 4.78 is 0. The second kappa shape index (κ2) is 6.97. The summed E-state index contributed by atoms with van der Waals surface area (Å²) in [5.41, 5.74) is 3.37. The molecule has 3 atom stereocenters. The number of hydrogen-bond donors (Lipinski definition) is 2. The van der Waals surface area contributed by atoms with Gasteiger partial charge in [0.15, 0.2) is 0 Å². The van der Waals surface area contributed by atoms with Gasteiger partial charge in [-0.2, -0.15) is 0 Å². The highest BCUT2D eigenvalue weighted by atomic mass is 16.4. The highest BCUT2D eigenvalue weighted by Gasteiger charge is 2.38. The van der Waals surface area contributed by atoms with E-state index in [2.05, 4.69) is 72.9 Å². The smallest absolute Gasteiger partial charge is 0.0642 e. The molecule has 3 rings (SSSR count). The van der Waals surface area contributed by atoms with Crippen LogP contribution < -0.4 is 5.32 Å². The lowest BCUT2D eigenvalue weighted by atomic mass is 9.75. The zero-order chi connectivity index (χ0) is 16.2. The first-order valence-electron chi connectivity index (χ1n) is 8.27. The summed E-state index contributed by atoms with van der Waals surface area (Å²) in [6.07, 6.45) is 0.743. The van der Waals surface area contributed by atoms with Crippen LogP contribution in [0, 0.1) is 11.8 Å². The predicted molar refractivity (Wildman–Crippen MR) is 93.7 cm³/mol. The SMILES string of the molecule is CC(C)[C@H]1/C(=N\O)C[C@@H](c2ccccc2)N[C@@H]1c1ccccc1. The summed E-state index contributed by atoms with van der Waals surface area (Å²) in [6.45, 7) is 4.38. The average Bonchev–Trinajstić information content (AvgIpc) is 2.62. The van der Waals surface area contributed by atoms with Crippen molar-refractivity contribution in [3.05, 3.63) is 71.8 Å². The zero-order valence-corrected chi connectivity index (χ0v) is 13.7. The van der Waals surface area contributed by atoms with Gasteiger partial charge in [-0.1, -0.05) is 79.7 Å². The van der Waals surface area contributed by atoms with Crippen LogP contribution in [0.2, 0.25) is 0 Å². The third kappa shape index (κ3) is 3.30. The van der Waals surface area contributed by atoms with Gasteiger partial charge >= 0.3 is 0 Å². The van der Waals surface area contributed by atoms with Crippen molar-refractivity contribution in [3.8, 4) is 0 Å². The van der Waals surface area contributed by atoms with Gasteiger partial charge in [0.1, 0.15) is 0 Å². The number of rotatable bonds is 3. The Labute approximate surface area is 138 Å². The summed E-state index contributed by atoms with van der Waals surface area (Å²) in [7, 11) is 0. The molecule has 0 saturated carbocycles. The van der Waals surface area contributed by atoms with E-state index in [0.717, 1.165) is 12.1 Å². The summed E-state index contributed by atoms with van der Waals surface area (Å²) in [5, 5.41) is 17.1. The minimum Gasteiger partial charge on any atom is -0.411 e. The Morgan fingerprint density at radius 1 is 0.957 bits per heavy atom. The van der Waals surface area contributed by atoms with Crippen molar-refractivity contribution in [2.45, 2.75) is 32.4 Å². The minimum absolute atomic E-state index is 0.154. The molecule has 2 N–H and O–H groups in total. The molecule has 1 heterocycles. The largest absolute Gasteiger partial charge is 0.411 e. The van der Waals surface area contributed by atoms with Crippen LogP contribution in [-0.2, 0) is 0 Å². The van der Waals surface area contributed by atoms with E-state index in [0.29, 0.717) is 5.92 Å². The van der Waals surface area contributed by atoms with Crippen LogP contribution in [0.3, 0.4) is 0 Å². The topological polar surface area (TPSA) is 44.6 Å². The molecule has 3 nitrogen and oxygen atoms in total. The van der Waals surface area contributed by atoms with E-state index in [1.165, 1.54) is 11.1 Å². The molecule has 1 aliphatic rings. The number of piperidine rings is 1. The summed E-state index contributed by atoms with van der Waals surface area (Å²) >= 11 is 0. The zero-order valence-electron chi connectivity index (χ0n) is 13.7. The predicted octanol–water partition coefficient (Wildman–Crippen LogP) is 4.56. The molecule has 0 amide bonds. The monoisotopic (exact) mass is 308 g/mol. The molecule has 0 spiro atoms. The second-order valence-corrected chi connectivity index (χ2v) is 6.58. The number of hydrogen-bond acceptors (Lipinski definition) is 3. The van der Waals surface area contributed by atoms with Crippen LogP contribution in [0.1, 0.15) is 43.5 Å². The Morgan fingerprint density at radius 2 is 1.52 bits per heavy atom. The van der Waals surface area contributed by atoms with Gasteiger partial charge in [-0.3, -0.25) is 0 Å². The number of nitrogens with one attached hydrogen (secondary N) is 1. The van der Waals surface area contributed by atoms with Crippen LogP contribution in [-0.4, -0.2) is 10.9 Å². The number of benzene rings is 2. The van der Waals surface area contributed by atoms with Gasteiger partial charge in [0.25, 0.3) is 0 Å². The van der Waals surface area contributed by atoms with E-state index in [4.69, 9.17) is 0 Å². The molecule has 1 fully saturated rings. The quantitative estimate of drug-likeness (QED) is 0.644. The molecule has 0 radical (unpaired) electrons. The molecule has 2 aromatic rings. The standard InChI is InChI=1S/C20H24N2O/c1-14(2)19-18(22-23)13-17(15-9-5-3-6-10-15)21-20(19)16-11-7-4-8-12-16/h3-12,14,17,19-21,23H,13H2,1-2H3/b22-18-/t17-,19-,20+/m0/s1. The van der Waals surface area contributed by atoms with E-state index < -0.39 is 0 Å². The van der Waals surface area contributed by atoms with Gasteiger partial charge in [0.2, 0.25) is 0 Å². The molecule has 23 heavy (non-hydrogen) atoms. The molecule has 120 valence electrons. The molecule has 0 aliphatic carbocycles. The molecule has 0 bridgehead atoms. The fourth-order valence-electron chi connectivity index (χ4n) is 3.66. The lowest BCUT2D eigenvalue weighted by molar-refractivity contribution is 0.263. The fraction of sp³-hybridized carbons (Fsp3) is 0.350. The Morgan fingerprint density at radius 3 is 2.04 bits per heavy atom. The molecule has 1 aliphatic heterocycles. The fourth-order valence-corrected chi connectivity index (χ4v) is 3.66. The van der Waals surface area contributed by atoms with E-state index >= 15 is 0 Å². The van der Waals surface area contributed by atoms with Crippen molar-refractivity contribution < 1.29 is 5.21 Å². The Kier molecular flexibility index (Phi) is 4.77. The van der Waals surface area contributed by atoms with Crippen LogP contribution in [0.25, 0.3) is 0 Å². The van der Waals surface area contributed by atoms with Gasteiger partial charge in [0, 0.05) is 24.4 Å². The molecule has 3 heteroatoms. The van der Waals surface area contributed by atoms with Crippen LogP contribution in [0.15, 0.2) is 65.8 Å². The van der Waals surface area contributed by atoms with Gasteiger partial charge < -0.3 is 10.5 Å². The van der Waals surface area contributed by atoms with Crippen molar-refractivity contribution >= 4 is 5.71 Å². The van der Waals surface area contributed by atoms with E-state index in [9.17, 15) is 5.21 Å². The van der Waals surface area contributed by atoms with Crippen LogP contribution >= 0.6 is 0 Å². The van der Waals surface area contributed by atoms with Gasteiger partial charge in [0.05, 0.1) is 5.71 Å². The number of nitrogens with zero attached hydrogens (tertiary/aromatic N) is 1. The van der Waals surface area contributed by atoms with Gasteiger partial charge in [-0.05, 0) is 17.0 Å². The van der Waals surface area contributed by atoms with Crippen LogP contribution in [0.4, 0.5) is 0 Å². The molecule has 2 aromatic carbocycles. The van der Waals surface area contributed by atoms with E-state index in [1.54, 1.807) is 0 Å². The maximum atomic E-state index is 9.60. The first kappa shape index (κ1) is 15.8.